The van der Waals surface area contributed by atoms with Crippen LogP contribution in [-0.2, 0) is 4.79 Å². The minimum absolute atomic E-state index is 0.00258. The smallest absolute Gasteiger partial charge is 0.348 e. The van der Waals surface area contributed by atoms with Gasteiger partial charge >= 0.3 is 5.97 Å². The maximum absolute atomic E-state index is 12.4. The molecule has 1 amide bonds. The lowest BCUT2D eigenvalue weighted by Crippen LogP contribution is -2.31. The fraction of sp³-hybridized carbons (Fsp3) is 0.571. The van der Waals surface area contributed by atoms with Crippen LogP contribution in [0.3, 0.4) is 0 Å². The van der Waals surface area contributed by atoms with Crippen molar-refractivity contribution in [2.45, 2.75) is 40.0 Å². The van der Waals surface area contributed by atoms with Gasteiger partial charge < -0.3 is 10.4 Å². The molecule has 0 spiro atoms. The lowest BCUT2D eigenvalue weighted by molar-refractivity contribution is -0.122. The van der Waals surface area contributed by atoms with E-state index in [1.807, 2.05) is 6.92 Å². The Labute approximate surface area is 116 Å². The molecule has 1 fully saturated rings. The van der Waals surface area contributed by atoms with Crippen molar-refractivity contribution in [3.63, 3.8) is 0 Å². The lowest BCUT2D eigenvalue weighted by atomic mass is 9.81. The first-order valence-corrected chi connectivity index (χ1v) is 7.33. The summed E-state index contributed by atoms with van der Waals surface area (Å²) in [6.07, 6.45) is 2.98. The zero-order valence-electron chi connectivity index (χ0n) is 11.4. The van der Waals surface area contributed by atoms with Gasteiger partial charge in [0.15, 0.2) is 0 Å². The summed E-state index contributed by atoms with van der Waals surface area (Å²) in [5.74, 6) is -1.07. The Balaban J connectivity index is 2.20. The molecule has 0 saturated heterocycles. The quantitative estimate of drug-likeness (QED) is 0.890. The number of aryl methyl sites for hydroxylation is 1. The number of carbonyl (C=O) groups excluding carboxylic acids is 1. The Morgan fingerprint density at radius 1 is 1.47 bits per heavy atom. The monoisotopic (exact) mass is 281 g/mol. The highest BCUT2D eigenvalue weighted by Crippen LogP contribution is 2.43. The Bertz CT molecular complexity index is 519. The summed E-state index contributed by atoms with van der Waals surface area (Å²) in [6.45, 7) is 6.02. The lowest BCUT2D eigenvalue weighted by Gasteiger charge is -2.26. The maximum Gasteiger partial charge on any atom is 0.348 e. The number of carboxylic acid groups (broad SMARTS) is 1. The molecule has 1 atom stereocenters. The summed E-state index contributed by atoms with van der Waals surface area (Å²) in [5, 5.41) is 13.7. The number of rotatable bonds is 3. The van der Waals surface area contributed by atoms with E-state index in [0.29, 0.717) is 5.69 Å². The first-order chi connectivity index (χ1) is 8.83. The van der Waals surface area contributed by atoms with Crippen LogP contribution in [0.2, 0.25) is 0 Å². The highest BCUT2D eigenvalue weighted by molar-refractivity contribution is 7.12. The predicted octanol–water partition coefficient (Wildman–Crippen LogP) is 3.52. The molecular formula is C14H19NO3S. The largest absolute Gasteiger partial charge is 0.477 e. The second kappa shape index (κ2) is 4.96. The molecule has 19 heavy (non-hydrogen) atoms. The van der Waals surface area contributed by atoms with Gasteiger partial charge in [-0.25, -0.2) is 4.79 Å². The second-order valence-electron chi connectivity index (χ2n) is 5.85. The van der Waals surface area contributed by atoms with Gasteiger partial charge in [0.2, 0.25) is 5.91 Å². The van der Waals surface area contributed by atoms with E-state index in [1.165, 1.54) is 0 Å². The van der Waals surface area contributed by atoms with Gasteiger partial charge in [0, 0.05) is 5.92 Å². The van der Waals surface area contributed by atoms with Gasteiger partial charge in [-0.05, 0) is 36.1 Å². The fourth-order valence-electron chi connectivity index (χ4n) is 2.78. The van der Waals surface area contributed by atoms with Crippen molar-refractivity contribution in [2.75, 3.05) is 5.32 Å². The van der Waals surface area contributed by atoms with Crippen LogP contribution in [0.1, 0.15) is 48.3 Å². The molecule has 1 aromatic rings. The van der Waals surface area contributed by atoms with Crippen LogP contribution in [0.15, 0.2) is 5.38 Å². The van der Waals surface area contributed by atoms with Crippen molar-refractivity contribution in [1.29, 1.82) is 0 Å². The van der Waals surface area contributed by atoms with Crippen LogP contribution in [-0.4, -0.2) is 17.0 Å². The summed E-state index contributed by atoms with van der Waals surface area (Å²) >= 11 is 1.15. The van der Waals surface area contributed by atoms with E-state index in [0.717, 1.165) is 36.2 Å². The zero-order valence-corrected chi connectivity index (χ0v) is 12.3. The maximum atomic E-state index is 12.4. The zero-order chi connectivity index (χ0) is 14.2. The van der Waals surface area contributed by atoms with Crippen molar-refractivity contribution in [3.05, 3.63) is 15.8 Å². The summed E-state index contributed by atoms with van der Waals surface area (Å²) in [6, 6.07) is 0. The van der Waals surface area contributed by atoms with Gasteiger partial charge in [-0.15, -0.1) is 11.3 Å². The number of thiophene rings is 1. The first-order valence-electron chi connectivity index (χ1n) is 6.45. The molecule has 1 aromatic heterocycles. The molecule has 0 aliphatic heterocycles. The number of hydrogen-bond acceptors (Lipinski definition) is 3. The molecule has 1 aliphatic carbocycles. The Kier molecular flexibility index (Phi) is 3.67. The number of carbonyl (C=O) groups is 2. The van der Waals surface area contributed by atoms with E-state index in [9.17, 15) is 9.59 Å². The predicted molar refractivity (Wildman–Crippen MR) is 75.8 cm³/mol. The minimum Gasteiger partial charge on any atom is -0.477 e. The number of nitrogens with one attached hydrogen (secondary N) is 1. The van der Waals surface area contributed by atoms with Gasteiger partial charge in [0.25, 0.3) is 0 Å². The number of carboxylic acids is 1. The van der Waals surface area contributed by atoms with Gasteiger partial charge in [-0.1, -0.05) is 20.3 Å². The summed E-state index contributed by atoms with van der Waals surface area (Å²) in [4.78, 5) is 23.7. The summed E-state index contributed by atoms with van der Waals surface area (Å²) < 4.78 is 0. The summed E-state index contributed by atoms with van der Waals surface area (Å²) in [7, 11) is 0. The Hall–Kier alpha value is -1.36. The third-order valence-corrected chi connectivity index (χ3v) is 5.08. The molecule has 0 bridgehead atoms. The third kappa shape index (κ3) is 2.66. The number of anilines is 1. The van der Waals surface area contributed by atoms with Gasteiger partial charge in [0.05, 0.1) is 5.69 Å². The molecule has 0 aromatic carbocycles. The van der Waals surface area contributed by atoms with E-state index in [4.69, 9.17) is 5.11 Å². The Morgan fingerprint density at radius 2 is 2.16 bits per heavy atom. The van der Waals surface area contributed by atoms with E-state index in [2.05, 4.69) is 19.2 Å². The van der Waals surface area contributed by atoms with E-state index in [1.54, 1.807) is 5.38 Å². The fourth-order valence-corrected chi connectivity index (χ4v) is 3.62. The molecule has 1 heterocycles. The van der Waals surface area contributed by atoms with E-state index >= 15 is 0 Å². The standard InChI is InChI=1S/C14H19NO3S/c1-8-7-19-11(13(17)18)10(8)15-12(16)9-5-4-6-14(9,2)3/h7,9H,4-6H2,1-3H3,(H,15,16)(H,17,18). The van der Waals surface area contributed by atoms with Gasteiger partial charge in [0.1, 0.15) is 4.88 Å². The molecule has 2 rings (SSSR count). The van der Waals surface area contributed by atoms with Gasteiger partial charge in [-0.2, -0.15) is 0 Å². The van der Waals surface area contributed by atoms with Crippen LogP contribution in [0, 0.1) is 18.3 Å². The van der Waals surface area contributed by atoms with E-state index in [-0.39, 0.29) is 22.1 Å². The molecule has 1 aliphatic rings. The molecular weight excluding hydrogens is 262 g/mol. The highest BCUT2D eigenvalue weighted by atomic mass is 32.1. The SMILES string of the molecule is Cc1csc(C(=O)O)c1NC(=O)C1CCCC1(C)C. The molecule has 5 heteroatoms. The normalized spacial score (nSPS) is 21.3. The molecule has 2 N–H and O–H groups in total. The van der Waals surface area contributed by atoms with Crippen LogP contribution < -0.4 is 5.32 Å². The second-order valence-corrected chi connectivity index (χ2v) is 6.73. The van der Waals surface area contributed by atoms with Crippen LogP contribution in [0.25, 0.3) is 0 Å². The third-order valence-electron chi connectivity index (χ3n) is 3.99. The van der Waals surface area contributed by atoms with Crippen molar-refractivity contribution in [2.24, 2.45) is 11.3 Å². The number of hydrogen-bond donors (Lipinski definition) is 2. The number of aromatic carboxylic acids is 1. The number of amides is 1. The molecule has 104 valence electrons. The first kappa shape index (κ1) is 14.1. The average molecular weight is 281 g/mol. The molecule has 4 nitrogen and oxygen atoms in total. The molecule has 0 radical (unpaired) electrons. The van der Waals surface area contributed by atoms with Crippen LogP contribution in [0.4, 0.5) is 5.69 Å². The van der Waals surface area contributed by atoms with Gasteiger partial charge in [-0.3, -0.25) is 4.79 Å². The van der Waals surface area contributed by atoms with Crippen LogP contribution in [0.5, 0.6) is 0 Å². The molecule has 1 unspecified atom stereocenters. The van der Waals surface area contributed by atoms with E-state index < -0.39 is 5.97 Å². The van der Waals surface area contributed by atoms with Crippen LogP contribution >= 0.6 is 11.3 Å². The van der Waals surface area contributed by atoms with Crippen molar-refractivity contribution >= 4 is 28.9 Å². The average Bonchev–Trinajstić information content (AvgIpc) is 2.82. The minimum atomic E-state index is -0.987. The topological polar surface area (TPSA) is 66.4 Å². The van der Waals surface area contributed by atoms with Crippen molar-refractivity contribution < 1.29 is 14.7 Å². The van der Waals surface area contributed by atoms with Crippen molar-refractivity contribution in [1.82, 2.24) is 0 Å². The summed E-state index contributed by atoms with van der Waals surface area (Å²) in [5.41, 5.74) is 1.27. The molecule has 1 saturated carbocycles. The van der Waals surface area contributed by atoms with Crippen molar-refractivity contribution in [3.8, 4) is 0 Å². The highest BCUT2D eigenvalue weighted by Gasteiger charge is 2.39. The Morgan fingerprint density at radius 3 is 2.68 bits per heavy atom.